The molecule has 0 aromatic carbocycles. The molecule has 0 aromatic heterocycles. The minimum absolute atomic E-state index is 0.0153. The minimum Gasteiger partial charge on any atom is -0.389 e. The Balaban J connectivity index is 1.82. The van der Waals surface area contributed by atoms with E-state index in [4.69, 9.17) is 36.1 Å². The first-order chi connectivity index (χ1) is 18.8. The van der Waals surface area contributed by atoms with Gasteiger partial charge < -0.3 is 77.6 Å². The van der Waals surface area contributed by atoms with Crippen molar-refractivity contribution in [2.45, 2.75) is 111 Å². The normalized spacial score (nSPS) is 44.1. The van der Waals surface area contributed by atoms with Crippen molar-refractivity contribution in [3.63, 3.8) is 0 Å². The summed E-state index contributed by atoms with van der Waals surface area (Å²) in [5, 5.41) is 61.4. The summed E-state index contributed by atoms with van der Waals surface area (Å²) in [6.45, 7) is 1.52. The molecular weight excluding hydrogens is 532 g/mol. The summed E-state index contributed by atoms with van der Waals surface area (Å²) in [4.78, 5) is 12.7. The summed E-state index contributed by atoms with van der Waals surface area (Å²) in [6, 6.07) is -3.14. The zero-order chi connectivity index (χ0) is 29.8. The van der Waals surface area contributed by atoms with E-state index in [0.29, 0.717) is 13.0 Å². The number of nitrogens with two attached hydrogens (primary N) is 3. The molecule has 14 atom stereocenters. The fourth-order valence-electron chi connectivity index (χ4n) is 5.57. The largest absolute Gasteiger partial charge is 0.389 e. The topological polar surface area (TPSA) is 269 Å². The molecule has 40 heavy (non-hydrogen) atoms. The molecule has 3 rings (SSSR count). The minimum atomic E-state index is -1.84. The highest BCUT2D eigenvalue weighted by Gasteiger charge is 2.52. The van der Waals surface area contributed by atoms with Gasteiger partial charge in [-0.15, -0.1) is 0 Å². The van der Waals surface area contributed by atoms with Crippen molar-refractivity contribution in [2.24, 2.45) is 17.2 Å². The fraction of sp³-hybridized carbons (Fsp3) is 0.958. The van der Waals surface area contributed by atoms with Gasteiger partial charge in [-0.05, 0) is 40.3 Å². The van der Waals surface area contributed by atoms with Crippen molar-refractivity contribution in [1.29, 1.82) is 0 Å². The molecule has 0 bridgehead atoms. The molecule has 16 heteroatoms. The number of carbonyl (C=O) groups excluding carboxylic acids is 1. The zero-order valence-electron chi connectivity index (χ0n) is 23.3. The van der Waals surface area contributed by atoms with Gasteiger partial charge in [0.15, 0.2) is 18.7 Å². The molecular formula is C24H48N6O10. The second kappa shape index (κ2) is 14.4. The molecule has 2 heterocycles. The van der Waals surface area contributed by atoms with Crippen LogP contribution in [0.15, 0.2) is 0 Å². The Kier molecular flexibility index (Phi) is 12.0. The van der Waals surface area contributed by atoms with Gasteiger partial charge in [0.05, 0.1) is 30.8 Å². The van der Waals surface area contributed by atoms with Gasteiger partial charge in [0.1, 0.15) is 36.1 Å². The number of amides is 1. The van der Waals surface area contributed by atoms with Gasteiger partial charge in [-0.3, -0.25) is 4.79 Å². The summed E-state index contributed by atoms with van der Waals surface area (Å²) in [7, 11) is 3.36. The first kappa shape index (κ1) is 33.4. The number of likely N-dealkylation sites (N-methyl/N-ethyl adjacent to an activating group) is 2. The number of carbonyl (C=O) groups is 1. The van der Waals surface area contributed by atoms with E-state index in [2.05, 4.69) is 16.0 Å². The number of hydrogen-bond donors (Lipinski definition) is 11. The predicted octanol–water partition coefficient (Wildman–Crippen LogP) is -5.88. The van der Waals surface area contributed by atoms with Crippen LogP contribution < -0.4 is 33.2 Å². The molecule has 6 unspecified atom stereocenters. The third-order valence-corrected chi connectivity index (χ3v) is 7.87. The molecule has 1 amide bonds. The van der Waals surface area contributed by atoms with E-state index in [0.717, 1.165) is 6.42 Å². The van der Waals surface area contributed by atoms with Gasteiger partial charge in [-0.2, -0.15) is 0 Å². The molecule has 0 aromatic rings. The summed E-state index contributed by atoms with van der Waals surface area (Å²) in [5.74, 6) is -0.955. The predicted molar refractivity (Wildman–Crippen MR) is 140 cm³/mol. The van der Waals surface area contributed by atoms with E-state index in [1.807, 2.05) is 0 Å². The Hall–Kier alpha value is -1.09. The van der Waals surface area contributed by atoms with E-state index in [1.165, 1.54) is 6.92 Å². The highest BCUT2D eigenvalue weighted by atomic mass is 16.7. The Morgan fingerprint density at radius 3 is 2.38 bits per heavy atom. The van der Waals surface area contributed by atoms with Gasteiger partial charge >= 0.3 is 0 Å². The van der Waals surface area contributed by atoms with Crippen molar-refractivity contribution in [3.8, 4) is 0 Å². The number of ether oxygens (including phenoxy) is 4. The lowest BCUT2D eigenvalue weighted by Gasteiger charge is -2.49. The number of aliphatic hydroxyl groups is 5. The second-order valence-electron chi connectivity index (χ2n) is 11.2. The Labute approximate surface area is 233 Å². The van der Waals surface area contributed by atoms with Crippen molar-refractivity contribution in [2.75, 3.05) is 33.8 Å². The summed E-state index contributed by atoms with van der Waals surface area (Å²) >= 11 is 0. The van der Waals surface area contributed by atoms with Crippen LogP contribution >= 0.6 is 0 Å². The summed E-state index contributed by atoms with van der Waals surface area (Å²) in [6.07, 6.45) is -9.48. The Morgan fingerprint density at radius 2 is 1.75 bits per heavy atom. The third-order valence-electron chi connectivity index (χ3n) is 7.87. The fourth-order valence-corrected chi connectivity index (χ4v) is 5.57. The maximum Gasteiger partial charge on any atom is 0.251 e. The quantitative estimate of drug-likeness (QED) is 0.109. The van der Waals surface area contributed by atoms with E-state index in [1.54, 1.807) is 14.1 Å². The molecule has 1 saturated carbocycles. The van der Waals surface area contributed by atoms with Gasteiger partial charge in [0.25, 0.3) is 5.91 Å². The van der Waals surface area contributed by atoms with Crippen molar-refractivity contribution >= 4 is 5.91 Å². The number of hydrogen-bond acceptors (Lipinski definition) is 15. The van der Waals surface area contributed by atoms with Crippen LogP contribution in [0.4, 0.5) is 0 Å². The zero-order valence-corrected chi connectivity index (χ0v) is 23.3. The Morgan fingerprint density at radius 1 is 1.07 bits per heavy atom. The van der Waals surface area contributed by atoms with Crippen molar-refractivity contribution < 1.29 is 49.3 Å². The van der Waals surface area contributed by atoms with E-state index in [9.17, 15) is 30.3 Å². The molecule has 14 N–H and O–H groups in total. The smallest absolute Gasteiger partial charge is 0.251 e. The molecule has 2 saturated heterocycles. The lowest BCUT2D eigenvalue weighted by Crippen LogP contribution is -2.69. The lowest BCUT2D eigenvalue weighted by molar-refractivity contribution is -0.307. The highest BCUT2D eigenvalue weighted by molar-refractivity contribution is 5.81. The highest BCUT2D eigenvalue weighted by Crippen LogP contribution is 2.32. The third kappa shape index (κ3) is 7.64. The van der Waals surface area contributed by atoms with Gasteiger partial charge in [0.2, 0.25) is 0 Å². The summed E-state index contributed by atoms with van der Waals surface area (Å²) in [5.41, 5.74) is 16.6. The van der Waals surface area contributed by atoms with Gasteiger partial charge in [-0.25, -0.2) is 0 Å². The van der Waals surface area contributed by atoms with Crippen molar-refractivity contribution in [3.05, 3.63) is 0 Å². The van der Waals surface area contributed by atoms with Crippen molar-refractivity contribution in [1.82, 2.24) is 16.0 Å². The van der Waals surface area contributed by atoms with E-state index < -0.39 is 84.9 Å². The number of rotatable bonds is 11. The monoisotopic (exact) mass is 580 g/mol. The van der Waals surface area contributed by atoms with Crippen LogP contribution in [0.5, 0.6) is 0 Å². The first-order valence-electron chi connectivity index (χ1n) is 13.7. The molecule has 3 fully saturated rings. The van der Waals surface area contributed by atoms with E-state index >= 15 is 0 Å². The molecule has 2 aliphatic heterocycles. The van der Waals surface area contributed by atoms with Crippen LogP contribution in [-0.2, 0) is 23.7 Å². The van der Waals surface area contributed by atoms with Crippen LogP contribution in [-0.4, -0.2) is 150 Å². The van der Waals surface area contributed by atoms with Crippen LogP contribution in [0.2, 0.25) is 0 Å². The van der Waals surface area contributed by atoms with Crippen LogP contribution in [0.1, 0.15) is 26.2 Å². The maximum absolute atomic E-state index is 12.7. The van der Waals surface area contributed by atoms with Gasteiger partial charge in [0, 0.05) is 19.1 Å². The maximum atomic E-state index is 12.7. The lowest BCUT2D eigenvalue weighted by atomic mass is 9.83. The van der Waals surface area contributed by atoms with Crippen LogP contribution in [0, 0.1) is 0 Å². The number of nitrogens with one attached hydrogen (secondary N) is 3. The summed E-state index contributed by atoms with van der Waals surface area (Å²) < 4.78 is 23.8. The molecule has 1 aliphatic carbocycles. The molecule has 3 aliphatic rings. The van der Waals surface area contributed by atoms with Crippen LogP contribution in [0.3, 0.4) is 0 Å². The average Bonchev–Trinajstić information content (AvgIpc) is 2.90. The molecule has 0 spiro atoms. The Bertz CT molecular complexity index is 814. The number of aliphatic hydroxyl groups excluding tert-OH is 4. The molecule has 16 nitrogen and oxygen atoms in total. The molecule has 234 valence electrons. The average molecular weight is 581 g/mol. The van der Waals surface area contributed by atoms with Gasteiger partial charge in [-0.1, -0.05) is 0 Å². The van der Waals surface area contributed by atoms with Crippen LogP contribution in [0.25, 0.3) is 0 Å². The standard InChI is InChI=1S/C24H48N6O10/c1-24(36)9-37-23(17(34)20(24)29-3)40-19-13(30-21(35)15(32)14(31)7-25)6-12(27)18(16(19)33)39-22-11(26)5-4-10(38-22)8-28-2/h10-20,22-23,28-29,31-34,36H,4-9,25-27H2,1-3H3,(H,30,35)/t10-,11?,12-,13+,14-,15-,16?,17?,18?,19?,20+,22+,23+,24?/m0/s1. The first-order valence-corrected chi connectivity index (χ1v) is 13.7. The molecule has 0 radical (unpaired) electrons. The SMILES string of the molecule is CNC[C@@H]1CCC(N)[C@@H](OC2C(O)C(O[C@H]3OCC(C)(O)[C@H](NC)C3O)[C@H](NC(=O)[C@@H](O)[C@@H](O)CN)C[C@@H]2N)O1. The van der Waals surface area contributed by atoms with E-state index in [-0.39, 0.29) is 25.7 Å². The second-order valence-corrected chi connectivity index (χ2v) is 11.2.